The maximum absolute atomic E-state index is 14.6. The highest BCUT2D eigenvalue weighted by Crippen LogP contribution is 2.27. The summed E-state index contributed by atoms with van der Waals surface area (Å²) in [6.07, 6.45) is 5.75. The number of hydrogen-bond acceptors (Lipinski definition) is 9. The molecule has 12 heteroatoms. The van der Waals surface area contributed by atoms with Crippen molar-refractivity contribution in [3.8, 4) is 34.1 Å². The number of carbonyl (C=O) groups excluding carboxylic acids is 2. The number of alkyl carbamates (subject to hydrolysis) is 1. The van der Waals surface area contributed by atoms with Gasteiger partial charge < -0.3 is 19.5 Å². The van der Waals surface area contributed by atoms with Crippen LogP contribution < -0.4 is 10.1 Å². The zero-order chi connectivity index (χ0) is 29.4. The third kappa shape index (κ3) is 8.56. The molecule has 214 valence electrons. The van der Waals surface area contributed by atoms with Crippen LogP contribution in [0.5, 0.6) is 11.6 Å². The van der Waals surface area contributed by atoms with E-state index >= 15 is 0 Å². The maximum Gasteiger partial charge on any atom is 0.407 e. The van der Waals surface area contributed by atoms with Crippen molar-refractivity contribution >= 4 is 12.1 Å². The van der Waals surface area contributed by atoms with E-state index in [4.69, 9.17) is 14.2 Å². The van der Waals surface area contributed by atoms with E-state index in [0.29, 0.717) is 28.4 Å². The lowest BCUT2D eigenvalue weighted by Gasteiger charge is -2.23. The van der Waals surface area contributed by atoms with Crippen molar-refractivity contribution in [2.24, 2.45) is 0 Å². The van der Waals surface area contributed by atoms with Gasteiger partial charge in [0, 0.05) is 42.2 Å². The van der Waals surface area contributed by atoms with E-state index in [1.165, 1.54) is 12.3 Å². The van der Waals surface area contributed by atoms with Gasteiger partial charge in [0.1, 0.15) is 11.4 Å². The van der Waals surface area contributed by atoms with Gasteiger partial charge in [-0.15, -0.1) is 0 Å². The third-order valence-corrected chi connectivity index (χ3v) is 5.56. The summed E-state index contributed by atoms with van der Waals surface area (Å²) in [5.74, 6) is -0.838. The summed E-state index contributed by atoms with van der Waals surface area (Å²) in [4.78, 5) is 37.5. The number of benzene rings is 1. The van der Waals surface area contributed by atoms with Crippen LogP contribution in [0.15, 0.2) is 61.2 Å². The fourth-order valence-electron chi connectivity index (χ4n) is 3.84. The molecule has 0 saturated carbocycles. The van der Waals surface area contributed by atoms with Gasteiger partial charge in [0.05, 0.1) is 36.3 Å². The molecule has 0 saturated heterocycles. The second kappa shape index (κ2) is 13.0. The van der Waals surface area contributed by atoms with Crippen LogP contribution in [0.1, 0.15) is 39.8 Å². The summed E-state index contributed by atoms with van der Waals surface area (Å²) in [7, 11) is 0. The van der Waals surface area contributed by atoms with Gasteiger partial charge in [0.2, 0.25) is 0 Å². The number of carbonyl (C=O) groups is 2. The average molecular weight is 563 g/mol. The largest absolute Gasteiger partial charge is 0.466 e. The highest BCUT2D eigenvalue weighted by Gasteiger charge is 2.23. The van der Waals surface area contributed by atoms with Crippen LogP contribution in [0.25, 0.3) is 22.5 Å². The van der Waals surface area contributed by atoms with E-state index in [-0.39, 0.29) is 25.3 Å². The third-order valence-electron chi connectivity index (χ3n) is 5.56. The van der Waals surface area contributed by atoms with Gasteiger partial charge in [-0.05, 0) is 64.1 Å². The molecule has 4 aromatic rings. The molecule has 0 spiro atoms. The van der Waals surface area contributed by atoms with Gasteiger partial charge in [-0.3, -0.25) is 14.9 Å². The molecule has 0 radical (unpaired) electrons. The van der Waals surface area contributed by atoms with E-state index in [9.17, 15) is 14.0 Å². The summed E-state index contributed by atoms with van der Waals surface area (Å²) >= 11 is 0. The van der Waals surface area contributed by atoms with E-state index < -0.39 is 29.5 Å². The Hall–Kier alpha value is -4.87. The number of esters is 1. The topological polar surface area (TPSA) is 141 Å². The van der Waals surface area contributed by atoms with E-state index in [2.05, 4.69) is 30.5 Å². The molecule has 3 aromatic heterocycles. The van der Waals surface area contributed by atoms with Gasteiger partial charge >= 0.3 is 12.1 Å². The maximum atomic E-state index is 14.6. The van der Waals surface area contributed by atoms with Crippen LogP contribution >= 0.6 is 0 Å². The van der Waals surface area contributed by atoms with Crippen molar-refractivity contribution in [1.82, 2.24) is 30.5 Å². The molecule has 0 aliphatic rings. The standard InChI is InChI=1S/C29H31FN6O5/c1-5-39-26(37)14-20(35-28(38)41-29(2,3)4)13-21-16-31-17-25(34-21)18-6-8-22(9-7-18)40-27-23(30)12-19(15-32-27)24-10-11-33-36-24/h6-12,15-17,20H,5,13-14H2,1-4H3,(H,33,36)(H,35,38). The zero-order valence-electron chi connectivity index (χ0n) is 23.2. The minimum Gasteiger partial charge on any atom is -0.466 e. The van der Waals surface area contributed by atoms with E-state index in [1.807, 2.05) is 0 Å². The van der Waals surface area contributed by atoms with Gasteiger partial charge in [-0.2, -0.15) is 5.10 Å². The monoisotopic (exact) mass is 562 g/mol. The molecule has 3 heterocycles. The van der Waals surface area contributed by atoms with Gasteiger partial charge in [-0.25, -0.2) is 19.2 Å². The van der Waals surface area contributed by atoms with Gasteiger partial charge in [0.25, 0.3) is 5.88 Å². The van der Waals surface area contributed by atoms with Crippen LogP contribution in [0.4, 0.5) is 9.18 Å². The number of amides is 1. The van der Waals surface area contributed by atoms with Crippen LogP contribution in [0.3, 0.4) is 0 Å². The first kappa shape index (κ1) is 29.1. The summed E-state index contributed by atoms with van der Waals surface area (Å²) in [6, 6.07) is 9.27. The fraction of sp³-hybridized carbons (Fsp3) is 0.310. The molecule has 0 fully saturated rings. The number of ether oxygens (including phenoxy) is 3. The number of nitrogens with one attached hydrogen (secondary N) is 2. The molecular weight excluding hydrogens is 531 g/mol. The quantitative estimate of drug-likeness (QED) is 0.248. The predicted octanol–water partition coefficient (Wildman–Crippen LogP) is 5.25. The molecule has 0 aliphatic heterocycles. The summed E-state index contributed by atoms with van der Waals surface area (Å²) in [5.41, 5.74) is 2.35. The summed E-state index contributed by atoms with van der Waals surface area (Å²) in [5, 5.41) is 9.35. The second-order valence-corrected chi connectivity index (χ2v) is 10.1. The van der Waals surface area contributed by atoms with Crippen LogP contribution in [-0.4, -0.2) is 55.5 Å². The molecule has 11 nitrogen and oxygen atoms in total. The first-order valence-electron chi connectivity index (χ1n) is 13.0. The Kier molecular flexibility index (Phi) is 9.23. The van der Waals surface area contributed by atoms with Crippen molar-refractivity contribution in [2.75, 3.05) is 6.61 Å². The Morgan fingerprint density at radius 1 is 1.07 bits per heavy atom. The van der Waals surface area contributed by atoms with Crippen LogP contribution in [0, 0.1) is 5.82 Å². The first-order chi connectivity index (χ1) is 19.6. The molecule has 41 heavy (non-hydrogen) atoms. The number of H-pyrrole nitrogens is 1. The first-order valence-corrected chi connectivity index (χ1v) is 13.0. The summed E-state index contributed by atoms with van der Waals surface area (Å²) < 4.78 is 30.6. The number of aromatic amines is 1. The van der Waals surface area contributed by atoms with E-state index in [1.54, 1.807) is 76.6 Å². The second-order valence-electron chi connectivity index (χ2n) is 10.1. The SMILES string of the molecule is CCOC(=O)CC(Cc1cncc(-c2ccc(Oc3ncc(-c4ccn[nH]4)cc3F)cc2)n1)NC(=O)OC(C)(C)C. The lowest BCUT2D eigenvalue weighted by molar-refractivity contribution is -0.143. The van der Waals surface area contributed by atoms with Crippen molar-refractivity contribution in [1.29, 1.82) is 0 Å². The Balaban J connectivity index is 1.45. The molecule has 0 aliphatic carbocycles. The number of halogens is 1. The fourth-order valence-corrected chi connectivity index (χ4v) is 3.84. The number of nitrogens with zero attached hydrogens (tertiary/aromatic N) is 4. The van der Waals surface area contributed by atoms with Crippen molar-refractivity contribution in [3.05, 3.63) is 72.7 Å². The predicted molar refractivity (Wildman–Crippen MR) is 147 cm³/mol. The molecule has 1 unspecified atom stereocenters. The number of pyridine rings is 1. The molecule has 1 amide bonds. The van der Waals surface area contributed by atoms with Crippen LogP contribution in [-0.2, 0) is 20.7 Å². The molecule has 2 N–H and O–H groups in total. The molecule has 1 aromatic carbocycles. The summed E-state index contributed by atoms with van der Waals surface area (Å²) in [6.45, 7) is 7.20. The van der Waals surface area contributed by atoms with E-state index in [0.717, 1.165) is 5.56 Å². The minimum absolute atomic E-state index is 0.0571. The minimum atomic E-state index is -0.695. The Morgan fingerprint density at radius 2 is 1.85 bits per heavy atom. The molecule has 1 atom stereocenters. The van der Waals surface area contributed by atoms with Gasteiger partial charge in [0.15, 0.2) is 5.82 Å². The Bertz CT molecular complexity index is 1470. The van der Waals surface area contributed by atoms with Crippen molar-refractivity contribution in [2.45, 2.75) is 52.2 Å². The molecule has 0 bridgehead atoms. The number of rotatable bonds is 10. The highest BCUT2D eigenvalue weighted by atomic mass is 19.1. The highest BCUT2D eigenvalue weighted by molar-refractivity contribution is 5.73. The Morgan fingerprint density at radius 3 is 2.51 bits per heavy atom. The van der Waals surface area contributed by atoms with Crippen molar-refractivity contribution < 1.29 is 28.2 Å². The molecular formula is C29H31FN6O5. The Labute approximate surface area is 236 Å². The smallest absolute Gasteiger partial charge is 0.407 e. The lowest BCUT2D eigenvalue weighted by atomic mass is 10.1. The number of aromatic nitrogens is 5. The molecule has 4 rings (SSSR count). The van der Waals surface area contributed by atoms with Crippen LogP contribution in [0.2, 0.25) is 0 Å². The zero-order valence-corrected chi connectivity index (χ0v) is 23.2. The van der Waals surface area contributed by atoms with Gasteiger partial charge in [-0.1, -0.05) is 0 Å². The normalized spacial score (nSPS) is 11.9. The van der Waals surface area contributed by atoms with Crippen molar-refractivity contribution in [3.63, 3.8) is 0 Å². The lowest BCUT2D eigenvalue weighted by Crippen LogP contribution is -2.41. The number of hydrogen-bond donors (Lipinski definition) is 2. The average Bonchev–Trinajstić information content (AvgIpc) is 3.45.